The Labute approximate surface area is 112 Å². The van der Waals surface area contributed by atoms with Crippen LogP contribution >= 0.6 is 0 Å². The van der Waals surface area contributed by atoms with Gasteiger partial charge >= 0.3 is 0 Å². The fourth-order valence-corrected chi connectivity index (χ4v) is 2.08. The molecule has 1 aromatic rings. The van der Waals surface area contributed by atoms with Crippen LogP contribution in [0.3, 0.4) is 0 Å². The van der Waals surface area contributed by atoms with Crippen LogP contribution in [0.4, 0.5) is 5.82 Å². The number of nitrogens with one attached hydrogen (secondary N) is 1. The van der Waals surface area contributed by atoms with E-state index >= 15 is 0 Å². The summed E-state index contributed by atoms with van der Waals surface area (Å²) in [6.45, 7) is 12.8. The Morgan fingerprint density at radius 2 is 1.78 bits per heavy atom. The molecule has 0 aliphatic carbocycles. The molecule has 0 aromatic carbocycles. The van der Waals surface area contributed by atoms with Crippen molar-refractivity contribution in [3.8, 4) is 0 Å². The second-order valence-electron chi connectivity index (χ2n) is 4.68. The zero-order valence-electron chi connectivity index (χ0n) is 12.3. The lowest BCUT2D eigenvalue weighted by atomic mass is 10.2. The molecule has 0 bridgehead atoms. The second-order valence-corrected chi connectivity index (χ2v) is 4.68. The number of hydrogen-bond donors (Lipinski definition) is 1. The van der Waals surface area contributed by atoms with E-state index in [2.05, 4.69) is 50.0 Å². The molecule has 0 radical (unpaired) electrons. The minimum atomic E-state index is 0.914. The molecule has 0 aliphatic rings. The maximum atomic E-state index is 4.75. The zero-order chi connectivity index (χ0) is 13.4. The molecule has 3 heteroatoms. The number of nitrogens with zero attached hydrogens (tertiary/aromatic N) is 2. The number of rotatable bonds is 8. The van der Waals surface area contributed by atoms with Crippen molar-refractivity contribution in [3.63, 3.8) is 0 Å². The van der Waals surface area contributed by atoms with Crippen molar-refractivity contribution in [2.24, 2.45) is 0 Å². The monoisotopic (exact) mass is 249 g/mol. The molecule has 18 heavy (non-hydrogen) atoms. The molecule has 1 N–H and O–H groups in total. The predicted molar refractivity (Wildman–Crippen MR) is 79.1 cm³/mol. The van der Waals surface area contributed by atoms with Crippen molar-refractivity contribution in [1.82, 2.24) is 10.3 Å². The summed E-state index contributed by atoms with van der Waals surface area (Å²) in [6, 6.07) is 4.36. The quantitative estimate of drug-likeness (QED) is 0.767. The topological polar surface area (TPSA) is 28.2 Å². The van der Waals surface area contributed by atoms with Crippen molar-refractivity contribution < 1.29 is 0 Å². The van der Waals surface area contributed by atoms with Crippen molar-refractivity contribution >= 4 is 5.82 Å². The van der Waals surface area contributed by atoms with Gasteiger partial charge in [-0.25, -0.2) is 4.98 Å². The Morgan fingerprint density at radius 1 is 1.11 bits per heavy atom. The summed E-state index contributed by atoms with van der Waals surface area (Å²) >= 11 is 0. The molecule has 1 rings (SSSR count). The Morgan fingerprint density at radius 3 is 2.28 bits per heavy atom. The lowest BCUT2D eigenvalue weighted by molar-refractivity contribution is 0.711. The Hall–Kier alpha value is -1.09. The van der Waals surface area contributed by atoms with Gasteiger partial charge in [-0.15, -0.1) is 0 Å². The number of aryl methyl sites for hydroxylation is 1. The first-order valence-corrected chi connectivity index (χ1v) is 7.15. The summed E-state index contributed by atoms with van der Waals surface area (Å²) in [5.41, 5.74) is 2.44. The van der Waals surface area contributed by atoms with E-state index in [-0.39, 0.29) is 0 Å². The minimum absolute atomic E-state index is 0.914. The van der Waals surface area contributed by atoms with Crippen LogP contribution in [0.1, 0.15) is 44.9 Å². The van der Waals surface area contributed by atoms with Gasteiger partial charge in [0.05, 0.1) is 0 Å². The zero-order valence-corrected chi connectivity index (χ0v) is 12.3. The lowest BCUT2D eigenvalue weighted by Gasteiger charge is -2.23. The Balaban J connectivity index is 2.79. The number of aromatic nitrogens is 1. The highest BCUT2D eigenvalue weighted by atomic mass is 15.2. The SMILES string of the molecule is CCCN(CCC)c1ccc(CNCC)c(C)n1. The average Bonchev–Trinajstić information content (AvgIpc) is 2.37. The van der Waals surface area contributed by atoms with Crippen LogP contribution in [0, 0.1) is 6.92 Å². The van der Waals surface area contributed by atoms with E-state index < -0.39 is 0 Å². The molecule has 0 spiro atoms. The largest absolute Gasteiger partial charge is 0.357 e. The molecule has 0 atom stereocenters. The van der Waals surface area contributed by atoms with Crippen molar-refractivity contribution in [3.05, 3.63) is 23.4 Å². The predicted octanol–water partition coefficient (Wildman–Crippen LogP) is 3.13. The van der Waals surface area contributed by atoms with Crippen LogP contribution in [-0.4, -0.2) is 24.6 Å². The van der Waals surface area contributed by atoms with Gasteiger partial charge in [0.1, 0.15) is 5.82 Å². The van der Waals surface area contributed by atoms with Crippen molar-refractivity contribution in [2.75, 3.05) is 24.5 Å². The van der Waals surface area contributed by atoms with E-state index in [4.69, 9.17) is 4.98 Å². The molecule has 1 aromatic heterocycles. The summed E-state index contributed by atoms with van der Waals surface area (Å²) < 4.78 is 0. The standard InChI is InChI=1S/C15H27N3/c1-5-10-18(11-6-2)15-9-8-14(12-16-7-3)13(4)17-15/h8-9,16H,5-7,10-12H2,1-4H3. The van der Waals surface area contributed by atoms with E-state index in [1.807, 2.05) is 0 Å². The number of pyridine rings is 1. The van der Waals surface area contributed by atoms with Crippen LogP contribution < -0.4 is 10.2 Å². The normalized spacial score (nSPS) is 10.7. The fraction of sp³-hybridized carbons (Fsp3) is 0.667. The molecule has 0 fully saturated rings. The van der Waals surface area contributed by atoms with Crippen LogP contribution in [0.25, 0.3) is 0 Å². The second kappa shape index (κ2) is 8.09. The summed E-state index contributed by atoms with van der Waals surface area (Å²) in [5.74, 6) is 1.12. The van der Waals surface area contributed by atoms with Gasteiger partial charge in [0.15, 0.2) is 0 Å². The Kier molecular flexibility index (Phi) is 6.73. The fourth-order valence-electron chi connectivity index (χ4n) is 2.08. The average molecular weight is 249 g/mol. The first-order chi connectivity index (χ1) is 8.72. The maximum Gasteiger partial charge on any atom is 0.128 e. The van der Waals surface area contributed by atoms with E-state index in [9.17, 15) is 0 Å². The minimum Gasteiger partial charge on any atom is -0.357 e. The highest BCUT2D eigenvalue weighted by Crippen LogP contribution is 2.15. The van der Waals surface area contributed by atoms with Crippen molar-refractivity contribution in [2.45, 2.75) is 47.1 Å². The van der Waals surface area contributed by atoms with Gasteiger partial charge in [-0.2, -0.15) is 0 Å². The van der Waals surface area contributed by atoms with E-state index in [1.54, 1.807) is 0 Å². The molecule has 102 valence electrons. The third kappa shape index (κ3) is 4.30. The lowest BCUT2D eigenvalue weighted by Crippen LogP contribution is -2.26. The third-order valence-electron chi connectivity index (χ3n) is 3.06. The van der Waals surface area contributed by atoms with Crippen LogP contribution in [0.2, 0.25) is 0 Å². The van der Waals surface area contributed by atoms with Gasteiger partial charge in [0, 0.05) is 25.3 Å². The van der Waals surface area contributed by atoms with E-state index in [0.717, 1.165) is 37.7 Å². The molecule has 0 amide bonds. The molecule has 0 unspecified atom stereocenters. The highest BCUT2D eigenvalue weighted by molar-refractivity contribution is 5.41. The summed E-state index contributed by atoms with van der Waals surface area (Å²) in [7, 11) is 0. The van der Waals surface area contributed by atoms with Crippen LogP contribution in [-0.2, 0) is 6.54 Å². The summed E-state index contributed by atoms with van der Waals surface area (Å²) in [6.07, 6.45) is 2.33. The molecular weight excluding hydrogens is 222 g/mol. The van der Waals surface area contributed by atoms with Gasteiger partial charge in [-0.05, 0) is 37.9 Å². The van der Waals surface area contributed by atoms with Crippen molar-refractivity contribution in [1.29, 1.82) is 0 Å². The van der Waals surface area contributed by atoms with Crippen LogP contribution in [0.5, 0.6) is 0 Å². The maximum absolute atomic E-state index is 4.75. The van der Waals surface area contributed by atoms with E-state index in [0.29, 0.717) is 0 Å². The van der Waals surface area contributed by atoms with Gasteiger partial charge < -0.3 is 10.2 Å². The molecule has 0 saturated heterocycles. The first kappa shape index (κ1) is 15.0. The number of hydrogen-bond acceptors (Lipinski definition) is 3. The van der Waals surface area contributed by atoms with Crippen LogP contribution in [0.15, 0.2) is 12.1 Å². The third-order valence-corrected chi connectivity index (χ3v) is 3.06. The van der Waals surface area contributed by atoms with Gasteiger partial charge in [0.2, 0.25) is 0 Å². The summed E-state index contributed by atoms with van der Waals surface area (Å²) in [4.78, 5) is 7.13. The van der Waals surface area contributed by atoms with E-state index in [1.165, 1.54) is 18.4 Å². The summed E-state index contributed by atoms with van der Waals surface area (Å²) in [5, 5.41) is 3.35. The molecule has 0 aliphatic heterocycles. The molecule has 3 nitrogen and oxygen atoms in total. The van der Waals surface area contributed by atoms with Gasteiger partial charge in [0.25, 0.3) is 0 Å². The molecule has 0 saturated carbocycles. The smallest absolute Gasteiger partial charge is 0.128 e. The van der Waals surface area contributed by atoms with Gasteiger partial charge in [-0.1, -0.05) is 26.8 Å². The number of anilines is 1. The molecule has 1 heterocycles. The van der Waals surface area contributed by atoms with Gasteiger partial charge in [-0.3, -0.25) is 0 Å². The Bertz CT molecular complexity index is 344. The first-order valence-electron chi connectivity index (χ1n) is 7.15. The molecular formula is C15H27N3. The highest BCUT2D eigenvalue weighted by Gasteiger charge is 2.08.